The predicted octanol–water partition coefficient (Wildman–Crippen LogP) is 3.32. The molecule has 12 heteroatoms. The molecule has 3 aromatic rings. The lowest BCUT2D eigenvalue weighted by Gasteiger charge is -2.29. The number of benzene rings is 2. The Morgan fingerprint density at radius 2 is 1.88 bits per heavy atom. The van der Waals surface area contributed by atoms with Crippen LogP contribution in [0, 0.1) is 5.92 Å². The van der Waals surface area contributed by atoms with Crippen molar-refractivity contribution in [2.45, 2.75) is 58.2 Å². The van der Waals surface area contributed by atoms with E-state index in [1.807, 2.05) is 19.9 Å². The molecule has 42 heavy (non-hydrogen) atoms. The molecule has 0 unspecified atom stereocenters. The molecular weight excluding hydrogens is 560 g/mol. The molecule has 0 bridgehead atoms. The summed E-state index contributed by atoms with van der Waals surface area (Å²) in [6.07, 6.45) is 4.75. The monoisotopic (exact) mass is 596 g/mol. The van der Waals surface area contributed by atoms with Gasteiger partial charge in [-0.25, -0.2) is 9.67 Å². The van der Waals surface area contributed by atoms with E-state index in [1.165, 1.54) is 13.4 Å². The second kappa shape index (κ2) is 14.2. The molecule has 2 aromatic carbocycles. The molecular formula is C30H37ClN6O5. The highest BCUT2D eigenvalue weighted by Gasteiger charge is 2.37. The summed E-state index contributed by atoms with van der Waals surface area (Å²) < 4.78 is 12.2. The second-order valence-electron chi connectivity index (χ2n) is 10.6. The van der Waals surface area contributed by atoms with Gasteiger partial charge in [-0.2, -0.15) is 5.10 Å². The van der Waals surface area contributed by atoms with Crippen LogP contribution in [0.4, 0.5) is 0 Å². The Balaban J connectivity index is 1.43. The summed E-state index contributed by atoms with van der Waals surface area (Å²) in [7, 11) is 3.08. The van der Waals surface area contributed by atoms with Gasteiger partial charge in [0.1, 0.15) is 24.7 Å². The fraction of sp³-hybridized carbons (Fsp3) is 0.433. The smallest absolute Gasteiger partial charge is 0.245 e. The molecule has 11 nitrogen and oxygen atoms in total. The van der Waals surface area contributed by atoms with E-state index < -0.39 is 12.1 Å². The summed E-state index contributed by atoms with van der Waals surface area (Å²) in [5.74, 6) is 0.433. The topological polar surface area (TPSA) is 128 Å². The highest BCUT2D eigenvalue weighted by Crippen LogP contribution is 2.28. The molecule has 2 heterocycles. The summed E-state index contributed by atoms with van der Waals surface area (Å²) in [4.78, 5) is 45.7. The molecule has 1 aromatic heterocycles. The van der Waals surface area contributed by atoms with Crippen LogP contribution in [0.25, 0.3) is 5.69 Å². The normalized spacial score (nSPS) is 15.4. The fourth-order valence-corrected chi connectivity index (χ4v) is 5.36. The standard InChI is InChI=1S/C30H37ClN6O5/c1-19(2)12-23(35-28(38)14-20-7-10-26(41-3)27(13-20)42-4)30(40)36-11-5-6-25(36)29(39)33-16-21-15-22(31)8-9-24(21)37-18-32-17-34-37/h7-10,13,15,17-19,23,25H,5-6,11-12,14,16H2,1-4H3,(H,33,39)(H,35,38)/t23-,25-/m0/s1. The number of hydrogen-bond acceptors (Lipinski definition) is 7. The van der Waals surface area contributed by atoms with Crippen molar-refractivity contribution in [1.82, 2.24) is 30.3 Å². The van der Waals surface area contributed by atoms with Crippen molar-refractivity contribution in [3.8, 4) is 17.2 Å². The van der Waals surface area contributed by atoms with E-state index in [0.29, 0.717) is 42.3 Å². The number of amides is 3. The minimum Gasteiger partial charge on any atom is -0.493 e. The van der Waals surface area contributed by atoms with E-state index in [9.17, 15) is 14.4 Å². The molecule has 0 spiro atoms. The number of hydrogen-bond donors (Lipinski definition) is 2. The minimum absolute atomic E-state index is 0.0693. The predicted molar refractivity (Wildman–Crippen MR) is 158 cm³/mol. The number of nitrogens with zero attached hydrogens (tertiary/aromatic N) is 4. The lowest BCUT2D eigenvalue weighted by Crippen LogP contribution is -2.54. The Labute approximate surface area is 250 Å². The highest BCUT2D eigenvalue weighted by molar-refractivity contribution is 6.30. The van der Waals surface area contributed by atoms with Gasteiger partial charge in [-0.15, -0.1) is 0 Å². The zero-order valence-electron chi connectivity index (χ0n) is 24.3. The molecule has 1 fully saturated rings. The van der Waals surface area contributed by atoms with Crippen LogP contribution in [-0.2, 0) is 27.3 Å². The first-order valence-electron chi connectivity index (χ1n) is 13.9. The van der Waals surface area contributed by atoms with Gasteiger partial charge in [0.05, 0.1) is 26.3 Å². The zero-order chi connectivity index (χ0) is 30.2. The van der Waals surface area contributed by atoms with E-state index >= 15 is 0 Å². The molecule has 4 rings (SSSR count). The number of likely N-dealkylation sites (tertiary alicyclic amines) is 1. The Kier molecular flexibility index (Phi) is 10.4. The second-order valence-corrected chi connectivity index (χ2v) is 11.1. The third-order valence-corrected chi connectivity index (χ3v) is 7.39. The van der Waals surface area contributed by atoms with Crippen molar-refractivity contribution in [3.05, 3.63) is 65.2 Å². The lowest BCUT2D eigenvalue weighted by molar-refractivity contribution is -0.141. The van der Waals surface area contributed by atoms with Crippen LogP contribution >= 0.6 is 11.6 Å². The summed E-state index contributed by atoms with van der Waals surface area (Å²) in [5, 5.41) is 10.6. The molecule has 0 aliphatic carbocycles. The van der Waals surface area contributed by atoms with Gasteiger partial charge in [-0.1, -0.05) is 31.5 Å². The van der Waals surface area contributed by atoms with Crippen LogP contribution in [0.1, 0.15) is 44.2 Å². The van der Waals surface area contributed by atoms with E-state index in [0.717, 1.165) is 16.8 Å². The number of halogens is 1. The van der Waals surface area contributed by atoms with Gasteiger partial charge < -0.3 is 25.0 Å². The first-order valence-corrected chi connectivity index (χ1v) is 14.3. The van der Waals surface area contributed by atoms with Crippen molar-refractivity contribution in [2.24, 2.45) is 5.92 Å². The van der Waals surface area contributed by atoms with Gasteiger partial charge in [0.25, 0.3) is 0 Å². The number of nitrogens with one attached hydrogen (secondary N) is 2. The third-order valence-electron chi connectivity index (χ3n) is 7.15. The van der Waals surface area contributed by atoms with Crippen LogP contribution in [-0.4, -0.2) is 70.2 Å². The zero-order valence-corrected chi connectivity index (χ0v) is 25.1. The summed E-state index contributed by atoms with van der Waals surface area (Å²) in [5.41, 5.74) is 2.23. The summed E-state index contributed by atoms with van der Waals surface area (Å²) in [6, 6.07) is 9.21. The largest absolute Gasteiger partial charge is 0.493 e. The molecule has 1 aliphatic heterocycles. The Morgan fingerprint density at radius 1 is 1.10 bits per heavy atom. The summed E-state index contributed by atoms with van der Waals surface area (Å²) >= 11 is 6.23. The summed E-state index contributed by atoms with van der Waals surface area (Å²) in [6.45, 7) is 4.63. The molecule has 1 saturated heterocycles. The van der Waals surface area contributed by atoms with Crippen LogP contribution in [0.2, 0.25) is 5.02 Å². The molecule has 1 aliphatic rings. The van der Waals surface area contributed by atoms with E-state index in [4.69, 9.17) is 21.1 Å². The van der Waals surface area contributed by atoms with Gasteiger partial charge in [0.15, 0.2) is 11.5 Å². The quantitative estimate of drug-likeness (QED) is 0.328. The fourth-order valence-electron chi connectivity index (χ4n) is 5.17. The number of carbonyl (C=O) groups is 3. The molecule has 0 saturated carbocycles. The Morgan fingerprint density at radius 3 is 2.57 bits per heavy atom. The molecule has 0 radical (unpaired) electrons. The van der Waals surface area contributed by atoms with Crippen molar-refractivity contribution in [3.63, 3.8) is 0 Å². The first-order chi connectivity index (χ1) is 20.2. The molecule has 224 valence electrons. The van der Waals surface area contributed by atoms with E-state index in [-0.39, 0.29) is 36.6 Å². The van der Waals surface area contributed by atoms with Crippen molar-refractivity contribution in [2.75, 3.05) is 20.8 Å². The van der Waals surface area contributed by atoms with Crippen LogP contribution in [0.15, 0.2) is 49.1 Å². The average molecular weight is 597 g/mol. The van der Waals surface area contributed by atoms with Crippen LogP contribution in [0.5, 0.6) is 11.5 Å². The number of ether oxygens (including phenoxy) is 2. The molecule has 2 atom stereocenters. The molecule has 3 amide bonds. The Bertz CT molecular complexity index is 1400. The van der Waals surface area contributed by atoms with Gasteiger partial charge in [0.2, 0.25) is 17.7 Å². The lowest BCUT2D eigenvalue weighted by atomic mass is 10.0. The van der Waals surface area contributed by atoms with Gasteiger partial charge >= 0.3 is 0 Å². The van der Waals surface area contributed by atoms with Crippen molar-refractivity contribution in [1.29, 1.82) is 0 Å². The Hall–Kier alpha value is -4.12. The van der Waals surface area contributed by atoms with Gasteiger partial charge in [-0.05, 0) is 66.6 Å². The van der Waals surface area contributed by atoms with Gasteiger partial charge in [0, 0.05) is 18.1 Å². The highest BCUT2D eigenvalue weighted by atomic mass is 35.5. The number of aromatic nitrogens is 3. The maximum atomic E-state index is 13.8. The van der Waals surface area contributed by atoms with Crippen molar-refractivity contribution < 1.29 is 23.9 Å². The third kappa shape index (κ3) is 7.58. The van der Waals surface area contributed by atoms with Crippen LogP contribution < -0.4 is 20.1 Å². The number of methoxy groups -OCH3 is 2. The van der Waals surface area contributed by atoms with E-state index in [2.05, 4.69) is 20.7 Å². The average Bonchev–Trinajstić information content (AvgIpc) is 3.68. The maximum Gasteiger partial charge on any atom is 0.245 e. The maximum absolute atomic E-state index is 13.8. The SMILES string of the molecule is COc1ccc(CC(=O)N[C@@H](CC(C)C)C(=O)N2CCC[C@H]2C(=O)NCc2cc(Cl)ccc2-n2cncn2)cc1OC. The number of rotatable bonds is 12. The number of carbonyl (C=O) groups excluding carboxylic acids is 3. The van der Waals surface area contributed by atoms with Crippen molar-refractivity contribution >= 4 is 29.3 Å². The van der Waals surface area contributed by atoms with Crippen LogP contribution in [0.3, 0.4) is 0 Å². The first kappa shape index (κ1) is 30.8. The minimum atomic E-state index is -0.752. The molecule has 2 N–H and O–H groups in total. The van der Waals surface area contributed by atoms with E-state index in [1.54, 1.807) is 53.4 Å². The van der Waals surface area contributed by atoms with Gasteiger partial charge in [-0.3, -0.25) is 14.4 Å².